The minimum absolute atomic E-state index is 0.164. The van der Waals surface area contributed by atoms with Gasteiger partial charge in [0.25, 0.3) is 0 Å². The SMILES string of the molecule is CC(C(=O)O[C@@]12CC3CC(O)(CC1(O)C3)C2)C(C)(C)C. The molecule has 0 spiro atoms. The normalized spacial score (nSPS) is 47.6. The third-order valence-corrected chi connectivity index (χ3v) is 5.95. The van der Waals surface area contributed by atoms with Crippen LogP contribution in [0.5, 0.6) is 0 Å². The molecule has 0 saturated heterocycles. The summed E-state index contributed by atoms with van der Waals surface area (Å²) < 4.78 is 5.83. The standard InChI is InChI=1S/C16H26O4/c1-10(13(2,3)4)12(17)20-16-7-11-5-14(18,9-16)8-15(16,19)6-11/h10-11,18-19H,5-9H2,1-4H3/t10?,11?,14?,15?,16-/m1/s1. The van der Waals surface area contributed by atoms with E-state index >= 15 is 0 Å². The van der Waals surface area contributed by atoms with Crippen molar-refractivity contribution in [3.63, 3.8) is 0 Å². The molecule has 0 aromatic rings. The van der Waals surface area contributed by atoms with Crippen molar-refractivity contribution in [3.8, 4) is 0 Å². The van der Waals surface area contributed by atoms with Crippen LogP contribution in [0.1, 0.15) is 59.8 Å². The Morgan fingerprint density at radius 2 is 1.85 bits per heavy atom. The third-order valence-electron chi connectivity index (χ3n) is 5.95. The molecule has 0 aromatic heterocycles. The van der Waals surface area contributed by atoms with Crippen LogP contribution in [0.15, 0.2) is 0 Å². The van der Waals surface area contributed by atoms with Crippen LogP contribution in [-0.4, -0.2) is 33.0 Å². The molecule has 4 saturated carbocycles. The van der Waals surface area contributed by atoms with E-state index in [0.717, 1.165) is 6.42 Å². The summed E-state index contributed by atoms with van der Waals surface area (Å²) >= 11 is 0. The van der Waals surface area contributed by atoms with Crippen molar-refractivity contribution in [1.82, 2.24) is 0 Å². The lowest BCUT2D eigenvalue weighted by molar-refractivity contribution is -0.189. The molecule has 114 valence electrons. The van der Waals surface area contributed by atoms with E-state index in [9.17, 15) is 15.0 Å². The molecule has 0 amide bonds. The van der Waals surface area contributed by atoms with Gasteiger partial charge in [0.15, 0.2) is 0 Å². The second-order valence-electron chi connectivity index (χ2n) is 8.59. The highest BCUT2D eigenvalue weighted by Gasteiger charge is 2.73. The highest BCUT2D eigenvalue weighted by Crippen LogP contribution is 2.65. The van der Waals surface area contributed by atoms with E-state index < -0.39 is 16.8 Å². The van der Waals surface area contributed by atoms with Gasteiger partial charge in [0.05, 0.1) is 11.5 Å². The van der Waals surface area contributed by atoms with Gasteiger partial charge in [-0.2, -0.15) is 0 Å². The number of carbonyl (C=O) groups is 1. The summed E-state index contributed by atoms with van der Waals surface area (Å²) in [4.78, 5) is 12.4. The molecule has 4 heteroatoms. The molecule has 0 aliphatic heterocycles. The number of hydrogen-bond donors (Lipinski definition) is 2. The molecule has 4 nitrogen and oxygen atoms in total. The highest BCUT2D eigenvalue weighted by molar-refractivity contribution is 5.73. The number of esters is 1. The lowest BCUT2D eigenvalue weighted by Crippen LogP contribution is -2.50. The summed E-state index contributed by atoms with van der Waals surface area (Å²) in [5, 5.41) is 21.4. The van der Waals surface area contributed by atoms with Crippen LogP contribution in [0, 0.1) is 17.3 Å². The summed E-state index contributed by atoms with van der Waals surface area (Å²) in [6.45, 7) is 7.91. The molecule has 0 heterocycles. The first-order valence-electron chi connectivity index (χ1n) is 7.66. The Morgan fingerprint density at radius 1 is 1.20 bits per heavy atom. The Hall–Kier alpha value is -0.610. The molecule has 0 aromatic carbocycles. The quantitative estimate of drug-likeness (QED) is 0.760. The van der Waals surface area contributed by atoms with Gasteiger partial charge in [-0.25, -0.2) is 0 Å². The minimum atomic E-state index is -1.02. The second kappa shape index (κ2) is 3.77. The van der Waals surface area contributed by atoms with Gasteiger partial charge in [0.1, 0.15) is 11.2 Å². The van der Waals surface area contributed by atoms with Crippen molar-refractivity contribution in [3.05, 3.63) is 0 Å². The van der Waals surface area contributed by atoms with Crippen molar-refractivity contribution >= 4 is 5.97 Å². The maximum atomic E-state index is 12.4. The topological polar surface area (TPSA) is 66.8 Å². The van der Waals surface area contributed by atoms with E-state index in [0.29, 0.717) is 25.7 Å². The summed E-state index contributed by atoms with van der Waals surface area (Å²) in [5.74, 6) is -0.193. The average molecular weight is 282 g/mol. The zero-order chi connectivity index (χ0) is 15.0. The van der Waals surface area contributed by atoms with Gasteiger partial charge in [-0.15, -0.1) is 0 Å². The first-order valence-corrected chi connectivity index (χ1v) is 7.66. The maximum absolute atomic E-state index is 12.4. The van der Waals surface area contributed by atoms with Gasteiger partial charge in [0, 0.05) is 12.8 Å². The molecule has 4 aliphatic rings. The van der Waals surface area contributed by atoms with Crippen LogP contribution < -0.4 is 0 Å². The van der Waals surface area contributed by atoms with E-state index in [1.165, 1.54) is 0 Å². The van der Waals surface area contributed by atoms with E-state index in [1.807, 2.05) is 27.7 Å². The highest BCUT2D eigenvalue weighted by atomic mass is 16.6. The molecular formula is C16H26O4. The zero-order valence-corrected chi connectivity index (χ0v) is 12.9. The Balaban J connectivity index is 1.83. The zero-order valence-electron chi connectivity index (χ0n) is 12.9. The van der Waals surface area contributed by atoms with E-state index in [-0.39, 0.29) is 23.2 Å². The lowest BCUT2D eigenvalue weighted by Gasteiger charge is -2.38. The number of ether oxygens (including phenoxy) is 1. The molecule has 4 rings (SSSR count). The van der Waals surface area contributed by atoms with Gasteiger partial charge in [-0.05, 0) is 30.6 Å². The van der Waals surface area contributed by atoms with Gasteiger partial charge >= 0.3 is 5.97 Å². The summed E-state index contributed by atoms with van der Waals surface area (Å²) in [7, 11) is 0. The number of hydrogen-bond acceptors (Lipinski definition) is 4. The fourth-order valence-electron chi connectivity index (χ4n) is 4.63. The number of aliphatic hydroxyl groups is 2. The Kier molecular flexibility index (Phi) is 2.70. The van der Waals surface area contributed by atoms with Crippen LogP contribution in [0.4, 0.5) is 0 Å². The summed E-state index contributed by atoms with van der Waals surface area (Å²) in [6.07, 6.45) is 2.85. The van der Waals surface area contributed by atoms with Crippen molar-refractivity contribution in [2.45, 2.75) is 76.6 Å². The van der Waals surface area contributed by atoms with Crippen LogP contribution in [-0.2, 0) is 9.53 Å². The van der Waals surface area contributed by atoms with E-state index in [1.54, 1.807) is 0 Å². The predicted octanol–water partition coefficient (Wildman–Crippen LogP) is 2.02. The summed E-state index contributed by atoms with van der Waals surface area (Å²) in [6, 6.07) is 0. The van der Waals surface area contributed by atoms with Crippen LogP contribution in [0.3, 0.4) is 0 Å². The van der Waals surface area contributed by atoms with E-state index in [2.05, 4.69) is 0 Å². The van der Waals surface area contributed by atoms with Crippen LogP contribution in [0.2, 0.25) is 0 Å². The molecule has 0 radical (unpaired) electrons. The molecule has 4 aliphatic carbocycles. The monoisotopic (exact) mass is 282 g/mol. The first kappa shape index (κ1) is 14.3. The summed E-state index contributed by atoms with van der Waals surface area (Å²) in [5.41, 5.74) is -2.86. The van der Waals surface area contributed by atoms with E-state index in [4.69, 9.17) is 4.74 Å². The van der Waals surface area contributed by atoms with Crippen LogP contribution in [0.25, 0.3) is 0 Å². The predicted molar refractivity (Wildman–Crippen MR) is 73.9 cm³/mol. The minimum Gasteiger partial charge on any atom is -0.456 e. The Bertz CT molecular complexity index is 454. The smallest absolute Gasteiger partial charge is 0.309 e. The fourth-order valence-corrected chi connectivity index (χ4v) is 4.63. The van der Waals surface area contributed by atoms with Crippen molar-refractivity contribution in [2.24, 2.45) is 17.3 Å². The van der Waals surface area contributed by atoms with Crippen LogP contribution >= 0.6 is 0 Å². The van der Waals surface area contributed by atoms with Gasteiger partial charge < -0.3 is 14.9 Å². The van der Waals surface area contributed by atoms with Gasteiger partial charge in [-0.3, -0.25) is 4.79 Å². The molecule has 4 fully saturated rings. The van der Waals surface area contributed by atoms with Crippen molar-refractivity contribution < 1.29 is 19.7 Å². The largest absolute Gasteiger partial charge is 0.456 e. The van der Waals surface area contributed by atoms with Crippen molar-refractivity contribution in [2.75, 3.05) is 0 Å². The maximum Gasteiger partial charge on any atom is 0.309 e. The molecule has 4 bridgehead atoms. The number of carbonyl (C=O) groups excluding carboxylic acids is 1. The Labute approximate surface area is 120 Å². The molecule has 2 N–H and O–H groups in total. The Morgan fingerprint density at radius 3 is 2.40 bits per heavy atom. The fraction of sp³-hybridized carbons (Fsp3) is 0.938. The number of rotatable bonds is 2. The molecular weight excluding hydrogens is 256 g/mol. The van der Waals surface area contributed by atoms with Gasteiger partial charge in [-0.1, -0.05) is 27.7 Å². The van der Waals surface area contributed by atoms with Gasteiger partial charge in [0.2, 0.25) is 0 Å². The molecule has 5 atom stereocenters. The average Bonchev–Trinajstić information content (AvgIpc) is 2.50. The second-order valence-corrected chi connectivity index (χ2v) is 8.59. The van der Waals surface area contributed by atoms with Crippen molar-refractivity contribution in [1.29, 1.82) is 0 Å². The third kappa shape index (κ3) is 1.84. The molecule has 20 heavy (non-hydrogen) atoms. The molecule has 4 unspecified atom stereocenters. The lowest BCUT2D eigenvalue weighted by atomic mass is 9.77. The first-order chi connectivity index (χ1) is 8.99.